The molecule has 0 bridgehead atoms. The predicted octanol–water partition coefficient (Wildman–Crippen LogP) is 2.49. The van der Waals surface area contributed by atoms with Gasteiger partial charge in [0, 0.05) is 26.2 Å². The van der Waals surface area contributed by atoms with Gasteiger partial charge >= 0.3 is 0 Å². The van der Waals surface area contributed by atoms with Gasteiger partial charge < -0.3 is 10.1 Å². The number of carbonyl (C=O) groups excluding carboxylic acids is 1. The Morgan fingerprint density at radius 1 is 1.32 bits per heavy atom. The molecule has 2 aliphatic heterocycles. The zero-order valence-electron chi connectivity index (χ0n) is 14.3. The largest absolute Gasteiger partial charge is 0.362 e. The minimum atomic E-state index is -0.126. The van der Waals surface area contributed by atoms with Crippen LogP contribution in [0.15, 0.2) is 11.1 Å². The van der Waals surface area contributed by atoms with Crippen LogP contribution < -0.4 is 5.32 Å². The van der Waals surface area contributed by atoms with Crippen molar-refractivity contribution in [3.63, 3.8) is 0 Å². The van der Waals surface area contributed by atoms with Crippen molar-refractivity contribution in [2.24, 2.45) is 5.41 Å². The summed E-state index contributed by atoms with van der Waals surface area (Å²) in [7, 11) is 0. The van der Waals surface area contributed by atoms with Crippen LogP contribution in [0.1, 0.15) is 52.9 Å². The van der Waals surface area contributed by atoms with Gasteiger partial charge in [0.15, 0.2) is 0 Å². The number of morpholine rings is 1. The Kier molecular flexibility index (Phi) is 4.34. The molecule has 2 heterocycles. The maximum absolute atomic E-state index is 11.3. The van der Waals surface area contributed by atoms with E-state index in [2.05, 4.69) is 31.0 Å². The Balaban J connectivity index is 1.56. The lowest BCUT2D eigenvalue weighted by atomic mass is 9.71. The van der Waals surface area contributed by atoms with Crippen LogP contribution in [0.5, 0.6) is 0 Å². The van der Waals surface area contributed by atoms with Crippen molar-refractivity contribution in [2.45, 2.75) is 58.5 Å². The molecule has 22 heavy (non-hydrogen) atoms. The molecule has 1 N–H and O–H groups in total. The highest BCUT2D eigenvalue weighted by Crippen LogP contribution is 2.42. The molecule has 3 aliphatic rings. The summed E-state index contributed by atoms with van der Waals surface area (Å²) >= 11 is 0. The number of likely N-dealkylation sites (tertiary alicyclic amines) is 1. The quantitative estimate of drug-likeness (QED) is 0.815. The van der Waals surface area contributed by atoms with Crippen molar-refractivity contribution in [1.82, 2.24) is 10.2 Å². The highest BCUT2D eigenvalue weighted by Gasteiger charge is 2.42. The zero-order chi connectivity index (χ0) is 15.8. The first kappa shape index (κ1) is 16.0. The number of ether oxygens (including phenoxy) is 1. The van der Waals surface area contributed by atoms with Crippen molar-refractivity contribution in [1.29, 1.82) is 0 Å². The average molecular weight is 306 g/mol. The second-order valence-corrected chi connectivity index (χ2v) is 8.02. The van der Waals surface area contributed by atoms with E-state index in [1.807, 2.05) is 0 Å². The van der Waals surface area contributed by atoms with Crippen molar-refractivity contribution in [3.8, 4) is 0 Å². The Bertz CT molecular complexity index is 471. The van der Waals surface area contributed by atoms with E-state index >= 15 is 0 Å². The minimum absolute atomic E-state index is 0.0220. The van der Waals surface area contributed by atoms with E-state index in [4.69, 9.17) is 4.74 Å². The van der Waals surface area contributed by atoms with E-state index in [9.17, 15) is 4.79 Å². The Morgan fingerprint density at radius 3 is 2.82 bits per heavy atom. The molecule has 1 aliphatic carbocycles. The fraction of sp³-hybridized carbons (Fsp3) is 0.833. The van der Waals surface area contributed by atoms with E-state index in [-0.39, 0.29) is 18.1 Å². The van der Waals surface area contributed by atoms with Gasteiger partial charge in [0.1, 0.15) is 6.61 Å². The number of rotatable bonds is 3. The maximum atomic E-state index is 11.3. The summed E-state index contributed by atoms with van der Waals surface area (Å²) in [5.41, 5.74) is 3.54. The lowest BCUT2D eigenvalue weighted by Crippen LogP contribution is -2.53. The van der Waals surface area contributed by atoms with Crippen LogP contribution in [0, 0.1) is 5.41 Å². The van der Waals surface area contributed by atoms with Gasteiger partial charge in [-0.05, 0) is 44.4 Å². The molecule has 0 aromatic heterocycles. The molecule has 1 atom stereocenters. The molecule has 1 unspecified atom stereocenters. The third-order valence-electron chi connectivity index (χ3n) is 5.88. The average Bonchev–Trinajstić information content (AvgIpc) is 2.85. The predicted molar refractivity (Wildman–Crippen MR) is 87.7 cm³/mol. The summed E-state index contributed by atoms with van der Waals surface area (Å²) in [6.45, 7) is 11.2. The van der Waals surface area contributed by atoms with E-state index in [1.165, 1.54) is 25.7 Å². The molecular weight excluding hydrogens is 276 g/mol. The Labute approximate surface area is 134 Å². The molecule has 2 fully saturated rings. The first-order valence-electron chi connectivity index (χ1n) is 8.72. The van der Waals surface area contributed by atoms with Crippen LogP contribution in [0.25, 0.3) is 0 Å². The molecule has 4 heteroatoms. The summed E-state index contributed by atoms with van der Waals surface area (Å²) in [6, 6.07) is 0. The van der Waals surface area contributed by atoms with Crippen LogP contribution in [0.4, 0.5) is 0 Å². The molecule has 4 nitrogen and oxygen atoms in total. The molecule has 1 amide bonds. The normalized spacial score (nSPS) is 32.6. The fourth-order valence-electron chi connectivity index (χ4n) is 4.46. The monoisotopic (exact) mass is 306 g/mol. The zero-order valence-corrected chi connectivity index (χ0v) is 14.3. The minimum Gasteiger partial charge on any atom is -0.362 e. The number of amides is 1. The van der Waals surface area contributed by atoms with Gasteiger partial charge in [-0.1, -0.05) is 25.0 Å². The molecule has 0 radical (unpaired) electrons. The van der Waals surface area contributed by atoms with Crippen LogP contribution >= 0.6 is 0 Å². The van der Waals surface area contributed by atoms with Gasteiger partial charge in [-0.15, -0.1) is 0 Å². The van der Waals surface area contributed by atoms with Gasteiger partial charge in [0.25, 0.3) is 0 Å². The third-order valence-corrected chi connectivity index (χ3v) is 5.88. The summed E-state index contributed by atoms with van der Waals surface area (Å²) < 4.78 is 5.86. The number of nitrogens with one attached hydrogen (secondary N) is 1. The highest BCUT2D eigenvalue weighted by molar-refractivity contribution is 5.78. The molecule has 3 rings (SSSR count). The van der Waals surface area contributed by atoms with Gasteiger partial charge in [-0.3, -0.25) is 9.69 Å². The van der Waals surface area contributed by atoms with Crippen LogP contribution in [-0.4, -0.2) is 49.2 Å². The van der Waals surface area contributed by atoms with Crippen molar-refractivity contribution in [2.75, 3.05) is 32.8 Å². The second-order valence-electron chi connectivity index (χ2n) is 8.02. The van der Waals surface area contributed by atoms with Gasteiger partial charge in [0.05, 0.1) is 5.60 Å². The van der Waals surface area contributed by atoms with E-state index in [0.717, 1.165) is 26.1 Å². The van der Waals surface area contributed by atoms with Crippen molar-refractivity contribution >= 4 is 5.91 Å². The molecule has 1 spiro atoms. The molecule has 0 saturated carbocycles. The first-order valence-corrected chi connectivity index (χ1v) is 8.72. The Hall–Kier alpha value is -0.870. The molecule has 0 aromatic rings. The topological polar surface area (TPSA) is 41.6 Å². The second kappa shape index (κ2) is 5.97. The van der Waals surface area contributed by atoms with Gasteiger partial charge in [-0.25, -0.2) is 0 Å². The SMILES string of the molecule is CC1=C(CCN2CCC3(CNC(=O)CO3)C2)C(C)(C)CCC1. The summed E-state index contributed by atoms with van der Waals surface area (Å²) in [5, 5.41) is 2.96. The van der Waals surface area contributed by atoms with Gasteiger partial charge in [-0.2, -0.15) is 0 Å². The molecule has 124 valence electrons. The number of hydrogen-bond acceptors (Lipinski definition) is 3. The van der Waals surface area contributed by atoms with E-state index in [0.29, 0.717) is 12.0 Å². The van der Waals surface area contributed by atoms with Crippen LogP contribution in [-0.2, 0) is 9.53 Å². The Morgan fingerprint density at radius 2 is 2.14 bits per heavy atom. The van der Waals surface area contributed by atoms with Crippen LogP contribution in [0.2, 0.25) is 0 Å². The third kappa shape index (κ3) is 3.23. The lowest BCUT2D eigenvalue weighted by molar-refractivity contribution is -0.142. The summed E-state index contributed by atoms with van der Waals surface area (Å²) in [5.74, 6) is 0.0220. The van der Waals surface area contributed by atoms with E-state index < -0.39 is 0 Å². The number of carbonyl (C=O) groups is 1. The van der Waals surface area contributed by atoms with Crippen molar-refractivity contribution in [3.05, 3.63) is 11.1 Å². The van der Waals surface area contributed by atoms with E-state index in [1.54, 1.807) is 11.1 Å². The summed E-state index contributed by atoms with van der Waals surface area (Å²) in [6.07, 6.45) is 6.15. The smallest absolute Gasteiger partial charge is 0.246 e. The number of hydrogen-bond donors (Lipinski definition) is 1. The standard InChI is InChI=1S/C18H30N2O2/c1-14-5-4-7-17(2,3)15(14)6-9-20-10-8-18(13-20)12-19-16(21)11-22-18/h4-13H2,1-3H3,(H,19,21). The molecular formula is C18H30N2O2. The van der Waals surface area contributed by atoms with Crippen LogP contribution in [0.3, 0.4) is 0 Å². The lowest BCUT2D eigenvalue weighted by Gasteiger charge is -2.36. The highest BCUT2D eigenvalue weighted by atomic mass is 16.5. The summed E-state index contributed by atoms with van der Waals surface area (Å²) in [4.78, 5) is 13.8. The first-order chi connectivity index (χ1) is 10.4. The molecule has 0 aromatic carbocycles. The maximum Gasteiger partial charge on any atom is 0.246 e. The number of allylic oxidation sites excluding steroid dienone is 1. The number of nitrogens with zero attached hydrogens (tertiary/aromatic N) is 1. The van der Waals surface area contributed by atoms with Gasteiger partial charge in [0.2, 0.25) is 5.91 Å². The van der Waals surface area contributed by atoms with Crippen molar-refractivity contribution < 1.29 is 9.53 Å². The fourth-order valence-corrected chi connectivity index (χ4v) is 4.46. The molecule has 2 saturated heterocycles.